The first-order valence-electron chi connectivity index (χ1n) is 6.50. The molecule has 1 atom stereocenters. The van der Waals surface area contributed by atoms with Crippen LogP contribution in [0.25, 0.3) is 0 Å². The van der Waals surface area contributed by atoms with Crippen LogP contribution in [0.1, 0.15) is 24.0 Å². The van der Waals surface area contributed by atoms with Gasteiger partial charge in [0, 0.05) is 23.2 Å². The maximum Gasteiger partial charge on any atom is 0.0621 e. The van der Waals surface area contributed by atoms with Crippen molar-refractivity contribution >= 4 is 23.2 Å². The van der Waals surface area contributed by atoms with Gasteiger partial charge < -0.3 is 0 Å². The van der Waals surface area contributed by atoms with Crippen LogP contribution >= 0.6 is 23.2 Å². The second kappa shape index (κ2) is 5.15. The van der Waals surface area contributed by atoms with Crippen molar-refractivity contribution in [1.29, 1.82) is 0 Å². The number of alkyl halides is 1. The molecule has 1 heterocycles. The zero-order chi connectivity index (χ0) is 13.3. The number of halogens is 2. The monoisotopic (exact) mass is 291 g/mol. The summed E-state index contributed by atoms with van der Waals surface area (Å²) in [5.41, 5.74) is 2.56. The summed E-state index contributed by atoms with van der Waals surface area (Å²) in [5, 5.41) is 0.784. The molecule has 1 aliphatic rings. The number of rotatable bonds is 4. The van der Waals surface area contributed by atoms with Gasteiger partial charge in [0.1, 0.15) is 0 Å². The molecule has 0 radical (unpaired) electrons. The van der Waals surface area contributed by atoms with Crippen LogP contribution in [0.5, 0.6) is 0 Å². The van der Waals surface area contributed by atoms with Crippen LogP contribution < -0.4 is 0 Å². The molecule has 1 unspecified atom stereocenters. The normalized spacial score (nSPS) is 18.0. The first-order valence-corrected chi connectivity index (χ1v) is 7.32. The Morgan fingerprint density at radius 3 is 2.53 bits per heavy atom. The zero-order valence-electron chi connectivity index (χ0n) is 10.5. The minimum Gasteiger partial charge on any atom is -0.263 e. The van der Waals surface area contributed by atoms with Gasteiger partial charge >= 0.3 is 0 Å². The predicted molar refractivity (Wildman–Crippen MR) is 79.9 cm³/mol. The summed E-state index contributed by atoms with van der Waals surface area (Å²) in [7, 11) is 0. The van der Waals surface area contributed by atoms with Gasteiger partial charge in [-0.25, -0.2) is 0 Å². The van der Waals surface area contributed by atoms with Gasteiger partial charge in [-0.3, -0.25) is 4.98 Å². The summed E-state index contributed by atoms with van der Waals surface area (Å²) in [4.78, 5) is 4.01. The van der Waals surface area contributed by atoms with Gasteiger partial charge in [0.15, 0.2) is 0 Å². The summed E-state index contributed by atoms with van der Waals surface area (Å²) in [5.74, 6) is 0. The maximum atomic E-state index is 6.70. The summed E-state index contributed by atoms with van der Waals surface area (Å²) >= 11 is 12.9. The molecule has 1 nitrogen and oxygen atoms in total. The Bertz CT molecular complexity index is 564. The molecule has 98 valence electrons. The van der Waals surface area contributed by atoms with Crippen molar-refractivity contribution in [2.75, 3.05) is 0 Å². The van der Waals surface area contributed by atoms with Crippen LogP contribution in [0.2, 0.25) is 5.02 Å². The lowest BCUT2D eigenvalue weighted by Gasteiger charge is -2.22. The van der Waals surface area contributed by atoms with Gasteiger partial charge in [0.2, 0.25) is 0 Å². The third-order valence-corrected chi connectivity index (χ3v) is 4.90. The second-order valence-corrected chi connectivity index (χ2v) is 6.09. The van der Waals surface area contributed by atoms with Gasteiger partial charge in [-0.05, 0) is 36.5 Å². The van der Waals surface area contributed by atoms with Crippen molar-refractivity contribution in [3.8, 4) is 0 Å². The summed E-state index contributed by atoms with van der Waals surface area (Å²) in [6.07, 6.45) is 6.56. The van der Waals surface area contributed by atoms with Crippen molar-refractivity contribution in [2.45, 2.75) is 30.1 Å². The molecular formula is C16H15Cl2N. The van der Waals surface area contributed by atoms with Gasteiger partial charge in [-0.2, -0.15) is 0 Å². The lowest BCUT2D eigenvalue weighted by molar-refractivity contribution is 0.628. The highest BCUT2D eigenvalue weighted by Gasteiger charge is 2.49. The molecule has 3 rings (SSSR count). The highest BCUT2D eigenvalue weighted by atomic mass is 35.5. The highest BCUT2D eigenvalue weighted by molar-refractivity contribution is 6.31. The minimum absolute atomic E-state index is 0.0785. The Morgan fingerprint density at radius 1 is 1.16 bits per heavy atom. The third-order valence-electron chi connectivity index (χ3n) is 3.99. The third kappa shape index (κ3) is 2.50. The second-order valence-electron chi connectivity index (χ2n) is 5.16. The van der Waals surface area contributed by atoms with E-state index in [0.717, 1.165) is 24.8 Å². The molecule has 0 saturated heterocycles. The van der Waals surface area contributed by atoms with Crippen molar-refractivity contribution < 1.29 is 0 Å². The lowest BCUT2D eigenvalue weighted by atomic mass is 9.89. The molecule has 0 amide bonds. The predicted octanol–water partition coefficient (Wildman–Crippen LogP) is 4.62. The topological polar surface area (TPSA) is 12.9 Å². The maximum absolute atomic E-state index is 6.70. The van der Waals surface area contributed by atoms with Crippen LogP contribution in [0.3, 0.4) is 0 Å². The van der Waals surface area contributed by atoms with Gasteiger partial charge in [-0.15, -0.1) is 11.6 Å². The SMILES string of the molecule is Clc1cnccc1CC(Cl)C1(c2ccccc2)CC1. The summed E-state index contributed by atoms with van der Waals surface area (Å²) < 4.78 is 0. The highest BCUT2D eigenvalue weighted by Crippen LogP contribution is 2.53. The van der Waals surface area contributed by atoms with E-state index in [0.29, 0.717) is 5.02 Å². The smallest absolute Gasteiger partial charge is 0.0621 e. The van der Waals surface area contributed by atoms with Crippen molar-refractivity contribution in [1.82, 2.24) is 4.98 Å². The van der Waals surface area contributed by atoms with E-state index in [1.54, 1.807) is 12.4 Å². The van der Waals surface area contributed by atoms with Crippen LogP contribution in [0, 0.1) is 0 Å². The first kappa shape index (κ1) is 13.0. The molecule has 1 saturated carbocycles. The number of pyridine rings is 1. The number of aromatic nitrogens is 1. The van der Waals surface area contributed by atoms with Crippen molar-refractivity contribution in [3.05, 3.63) is 64.9 Å². The van der Waals surface area contributed by atoms with E-state index in [9.17, 15) is 0 Å². The van der Waals surface area contributed by atoms with Gasteiger partial charge in [0.05, 0.1) is 5.02 Å². The van der Waals surface area contributed by atoms with E-state index in [4.69, 9.17) is 23.2 Å². The van der Waals surface area contributed by atoms with Crippen LogP contribution in [-0.2, 0) is 11.8 Å². The number of hydrogen-bond acceptors (Lipinski definition) is 1. The van der Waals surface area contributed by atoms with E-state index in [1.807, 2.05) is 12.1 Å². The lowest BCUT2D eigenvalue weighted by Crippen LogP contribution is -2.23. The fourth-order valence-electron chi connectivity index (χ4n) is 2.65. The van der Waals surface area contributed by atoms with Gasteiger partial charge in [-0.1, -0.05) is 41.9 Å². The number of hydrogen-bond donors (Lipinski definition) is 0. The minimum atomic E-state index is 0.0785. The van der Waals surface area contributed by atoms with Crippen LogP contribution in [0.4, 0.5) is 0 Å². The molecule has 1 aliphatic carbocycles. The quantitative estimate of drug-likeness (QED) is 0.749. The molecule has 1 aromatic heterocycles. The summed E-state index contributed by atoms with van der Waals surface area (Å²) in [6.45, 7) is 0. The largest absolute Gasteiger partial charge is 0.263 e. The zero-order valence-corrected chi connectivity index (χ0v) is 12.0. The van der Waals surface area contributed by atoms with Gasteiger partial charge in [0.25, 0.3) is 0 Å². The molecule has 0 spiro atoms. The fraction of sp³-hybridized carbons (Fsp3) is 0.312. The van der Waals surface area contributed by atoms with E-state index in [1.165, 1.54) is 5.56 Å². The van der Waals surface area contributed by atoms with Crippen molar-refractivity contribution in [2.24, 2.45) is 0 Å². The fourth-order valence-corrected chi connectivity index (χ4v) is 3.35. The summed E-state index contributed by atoms with van der Waals surface area (Å²) in [6, 6.07) is 12.5. The molecule has 0 aliphatic heterocycles. The Kier molecular flexibility index (Phi) is 3.51. The van der Waals surface area contributed by atoms with E-state index in [-0.39, 0.29) is 10.8 Å². The number of nitrogens with zero attached hydrogens (tertiary/aromatic N) is 1. The van der Waals surface area contributed by atoms with Crippen LogP contribution in [-0.4, -0.2) is 10.4 Å². The van der Waals surface area contributed by atoms with Crippen molar-refractivity contribution in [3.63, 3.8) is 0 Å². The van der Waals surface area contributed by atoms with E-state index < -0.39 is 0 Å². The Morgan fingerprint density at radius 2 is 1.89 bits per heavy atom. The molecule has 2 aromatic rings. The average Bonchev–Trinajstić information content (AvgIpc) is 3.24. The average molecular weight is 292 g/mol. The first-order chi connectivity index (χ1) is 9.22. The Hall–Kier alpha value is -1.05. The van der Waals surface area contributed by atoms with Crippen LogP contribution in [0.15, 0.2) is 48.8 Å². The molecular weight excluding hydrogens is 277 g/mol. The molecule has 3 heteroatoms. The Labute approximate surface area is 123 Å². The molecule has 0 bridgehead atoms. The molecule has 0 N–H and O–H groups in total. The standard InChI is InChI=1S/C16H15Cl2N/c17-14-11-19-9-6-12(14)10-15(18)16(7-8-16)13-4-2-1-3-5-13/h1-6,9,11,15H,7-8,10H2. The molecule has 19 heavy (non-hydrogen) atoms. The molecule has 1 aromatic carbocycles. The van der Waals surface area contributed by atoms with E-state index >= 15 is 0 Å². The molecule has 1 fully saturated rings. The van der Waals surface area contributed by atoms with E-state index in [2.05, 4.69) is 29.2 Å². The number of benzene rings is 1. The Balaban J connectivity index is 1.82.